The number of methoxy groups -OCH3 is 1. The Hall–Kier alpha value is -1.45. The van der Waals surface area contributed by atoms with Crippen LogP contribution in [-0.2, 0) is 9.53 Å². The molecule has 1 atom stereocenters. The Morgan fingerprint density at radius 2 is 2.13 bits per heavy atom. The van der Waals surface area contributed by atoms with Crippen LogP contribution in [0.25, 0.3) is 0 Å². The molecule has 1 unspecified atom stereocenters. The van der Waals surface area contributed by atoms with Crippen molar-refractivity contribution in [2.24, 2.45) is 0 Å². The zero-order chi connectivity index (χ0) is 11.4. The molecular formula is C11H12F2O2. The average Bonchev–Trinajstić information content (AvgIpc) is 2.23. The second-order valence-corrected chi connectivity index (χ2v) is 3.15. The summed E-state index contributed by atoms with van der Waals surface area (Å²) in [4.78, 5) is 11.3. The topological polar surface area (TPSA) is 26.3 Å². The molecular weight excluding hydrogens is 202 g/mol. The van der Waals surface area contributed by atoms with Gasteiger partial charge in [-0.15, -0.1) is 0 Å². The van der Waals surface area contributed by atoms with Crippen LogP contribution in [0.5, 0.6) is 0 Å². The number of esters is 1. The molecule has 82 valence electrons. The van der Waals surface area contributed by atoms with Gasteiger partial charge in [0.05, 0.1) is 13.0 Å². The lowest BCUT2D eigenvalue weighted by Crippen LogP contribution is -2.15. The van der Waals surface area contributed by atoms with Gasteiger partial charge >= 0.3 is 5.97 Å². The van der Waals surface area contributed by atoms with Crippen molar-refractivity contribution in [2.45, 2.75) is 19.3 Å². The molecule has 0 bridgehead atoms. The largest absolute Gasteiger partial charge is 0.469 e. The van der Waals surface area contributed by atoms with E-state index in [1.807, 2.05) is 0 Å². The van der Waals surface area contributed by atoms with Gasteiger partial charge in [0, 0.05) is 5.56 Å². The standard InChI is InChI=1S/C11H12F2O2/c1-3-8(11(14)15-2)9-6-7(12)4-5-10(9)13/h4-6,8H,3H2,1-2H3. The molecule has 1 aromatic carbocycles. The van der Waals surface area contributed by atoms with Gasteiger partial charge in [-0.25, -0.2) is 8.78 Å². The third kappa shape index (κ3) is 2.52. The van der Waals surface area contributed by atoms with E-state index in [0.29, 0.717) is 6.42 Å². The Balaban J connectivity index is 3.11. The minimum absolute atomic E-state index is 0.0457. The molecule has 0 N–H and O–H groups in total. The first-order valence-corrected chi connectivity index (χ1v) is 4.63. The molecule has 4 heteroatoms. The van der Waals surface area contributed by atoms with Gasteiger partial charge in [0.1, 0.15) is 11.6 Å². The lowest BCUT2D eigenvalue weighted by molar-refractivity contribution is -0.142. The smallest absolute Gasteiger partial charge is 0.313 e. The zero-order valence-corrected chi connectivity index (χ0v) is 8.59. The van der Waals surface area contributed by atoms with Crippen molar-refractivity contribution >= 4 is 5.97 Å². The van der Waals surface area contributed by atoms with Crippen molar-refractivity contribution in [3.05, 3.63) is 35.4 Å². The van der Waals surface area contributed by atoms with Gasteiger partial charge in [-0.1, -0.05) is 6.92 Å². The molecule has 0 aliphatic rings. The molecule has 0 radical (unpaired) electrons. The van der Waals surface area contributed by atoms with Crippen LogP contribution in [0, 0.1) is 11.6 Å². The first-order valence-electron chi connectivity index (χ1n) is 4.63. The number of halogens is 2. The fourth-order valence-electron chi connectivity index (χ4n) is 1.44. The van der Waals surface area contributed by atoms with Crippen LogP contribution < -0.4 is 0 Å². The van der Waals surface area contributed by atoms with Gasteiger partial charge in [0.15, 0.2) is 0 Å². The molecule has 0 aliphatic heterocycles. The van der Waals surface area contributed by atoms with Gasteiger partial charge in [0.2, 0.25) is 0 Å². The van der Waals surface area contributed by atoms with Crippen molar-refractivity contribution in [3.63, 3.8) is 0 Å². The summed E-state index contributed by atoms with van der Waals surface area (Å²) in [5.74, 6) is -2.45. The highest BCUT2D eigenvalue weighted by Gasteiger charge is 2.22. The molecule has 1 aromatic rings. The van der Waals surface area contributed by atoms with Gasteiger partial charge in [0.25, 0.3) is 0 Å². The van der Waals surface area contributed by atoms with Crippen molar-refractivity contribution in [2.75, 3.05) is 7.11 Å². The molecule has 0 aliphatic carbocycles. The quantitative estimate of drug-likeness (QED) is 0.723. The summed E-state index contributed by atoms with van der Waals surface area (Å²) in [6.45, 7) is 1.71. The normalized spacial score (nSPS) is 12.3. The summed E-state index contributed by atoms with van der Waals surface area (Å²) in [6, 6.07) is 3.06. The Kier molecular flexibility index (Phi) is 3.77. The predicted octanol–water partition coefficient (Wildman–Crippen LogP) is 2.63. The number of benzene rings is 1. The van der Waals surface area contributed by atoms with Crippen molar-refractivity contribution in [1.29, 1.82) is 0 Å². The van der Waals surface area contributed by atoms with E-state index < -0.39 is 23.5 Å². The SMILES string of the molecule is CCC(C(=O)OC)c1cc(F)ccc1F. The molecule has 1 rings (SSSR count). The van der Waals surface area contributed by atoms with Crippen LogP contribution in [-0.4, -0.2) is 13.1 Å². The zero-order valence-electron chi connectivity index (χ0n) is 8.59. The van der Waals surface area contributed by atoms with Crippen molar-refractivity contribution in [1.82, 2.24) is 0 Å². The first-order chi connectivity index (χ1) is 7.10. The molecule has 0 heterocycles. The number of carbonyl (C=O) groups excluding carboxylic acids is 1. The van der Waals surface area contributed by atoms with E-state index in [0.717, 1.165) is 18.2 Å². The third-order valence-electron chi connectivity index (χ3n) is 2.23. The average molecular weight is 214 g/mol. The highest BCUT2D eigenvalue weighted by Crippen LogP contribution is 2.24. The Morgan fingerprint density at radius 3 is 2.67 bits per heavy atom. The van der Waals surface area contributed by atoms with Crippen LogP contribution in [0.1, 0.15) is 24.8 Å². The van der Waals surface area contributed by atoms with Crippen LogP contribution in [0.2, 0.25) is 0 Å². The number of hydrogen-bond acceptors (Lipinski definition) is 2. The lowest BCUT2D eigenvalue weighted by atomic mass is 9.96. The Labute approximate surface area is 86.9 Å². The summed E-state index contributed by atoms with van der Waals surface area (Å²) < 4.78 is 30.7. The maximum Gasteiger partial charge on any atom is 0.313 e. The van der Waals surface area contributed by atoms with E-state index in [1.165, 1.54) is 7.11 Å². The summed E-state index contributed by atoms with van der Waals surface area (Å²) in [6.07, 6.45) is 0.368. The number of ether oxygens (including phenoxy) is 1. The number of carbonyl (C=O) groups is 1. The van der Waals surface area contributed by atoms with Crippen LogP contribution in [0.3, 0.4) is 0 Å². The van der Waals surface area contributed by atoms with Crippen molar-refractivity contribution < 1.29 is 18.3 Å². The van der Waals surface area contributed by atoms with E-state index in [1.54, 1.807) is 6.92 Å². The summed E-state index contributed by atoms with van der Waals surface area (Å²) >= 11 is 0. The monoisotopic (exact) mass is 214 g/mol. The minimum Gasteiger partial charge on any atom is -0.469 e. The van der Waals surface area contributed by atoms with E-state index >= 15 is 0 Å². The number of rotatable bonds is 3. The van der Waals surface area contributed by atoms with Gasteiger partial charge < -0.3 is 4.74 Å². The van der Waals surface area contributed by atoms with Gasteiger partial charge in [-0.3, -0.25) is 4.79 Å². The second kappa shape index (κ2) is 4.87. The van der Waals surface area contributed by atoms with Crippen molar-refractivity contribution in [3.8, 4) is 0 Å². The lowest BCUT2D eigenvalue weighted by Gasteiger charge is -2.13. The fraction of sp³-hybridized carbons (Fsp3) is 0.364. The summed E-state index contributed by atoms with van der Waals surface area (Å²) in [5.41, 5.74) is 0.0457. The molecule has 0 spiro atoms. The molecule has 0 amide bonds. The maximum absolute atomic E-state index is 13.3. The van der Waals surface area contributed by atoms with Gasteiger partial charge in [-0.2, -0.15) is 0 Å². The van der Waals surface area contributed by atoms with E-state index in [2.05, 4.69) is 4.74 Å². The Morgan fingerprint density at radius 1 is 1.47 bits per heavy atom. The number of hydrogen-bond donors (Lipinski definition) is 0. The highest BCUT2D eigenvalue weighted by atomic mass is 19.1. The summed E-state index contributed by atoms with van der Waals surface area (Å²) in [5, 5.41) is 0. The predicted molar refractivity (Wildman–Crippen MR) is 51.4 cm³/mol. The summed E-state index contributed by atoms with van der Waals surface area (Å²) in [7, 11) is 1.22. The highest BCUT2D eigenvalue weighted by molar-refractivity contribution is 5.78. The maximum atomic E-state index is 13.3. The molecule has 15 heavy (non-hydrogen) atoms. The molecule has 0 fully saturated rings. The van der Waals surface area contributed by atoms with Gasteiger partial charge in [-0.05, 0) is 24.6 Å². The Bertz CT molecular complexity index is 364. The molecule has 0 aromatic heterocycles. The van der Waals surface area contributed by atoms with Crippen LogP contribution in [0.4, 0.5) is 8.78 Å². The molecule has 0 saturated carbocycles. The van der Waals surface area contributed by atoms with Crippen LogP contribution in [0.15, 0.2) is 18.2 Å². The van der Waals surface area contributed by atoms with E-state index in [9.17, 15) is 13.6 Å². The third-order valence-corrected chi connectivity index (χ3v) is 2.23. The van der Waals surface area contributed by atoms with E-state index in [-0.39, 0.29) is 5.56 Å². The minimum atomic E-state index is -0.745. The first kappa shape index (κ1) is 11.6. The fourth-order valence-corrected chi connectivity index (χ4v) is 1.44. The molecule has 2 nitrogen and oxygen atoms in total. The second-order valence-electron chi connectivity index (χ2n) is 3.15. The molecule has 0 saturated heterocycles. The van der Waals surface area contributed by atoms with Crippen LogP contribution >= 0.6 is 0 Å². The van der Waals surface area contributed by atoms with E-state index in [4.69, 9.17) is 0 Å².